The van der Waals surface area contributed by atoms with Gasteiger partial charge in [0, 0.05) is 13.0 Å². The summed E-state index contributed by atoms with van der Waals surface area (Å²) in [5, 5.41) is 2.55. The second-order valence-corrected chi connectivity index (χ2v) is 7.11. The van der Waals surface area contributed by atoms with Crippen molar-refractivity contribution in [1.82, 2.24) is 9.88 Å². The topological polar surface area (TPSA) is 176 Å². The first-order valence-electron chi connectivity index (χ1n) is 10.2. The Morgan fingerprint density at radius 2 is 1.71 bits per heavy atom. The number of likely N-dealkylation sites (tertiary alicyclic amines) is 1. The van der Waals surface area contributed by atoms with Crippen LogP contribution in [0.25, 0.3) is 0 Å². The standard InChI is InChI=1S/C13H18N2O2.C8H13N5O/c14-11-6-2-3-7-12(11)17-13(16)10-15-8-4-1-5-9-15;9-4-3-7(14)12-6-2-1-5(10)8(11)13-6/h2-3,6-7H,1,4-5,8-10,14H2;1-2H,3-4,9-10H2,(H3,11,12,13,14). The first-order valence-corrected chi connectivity index (χ1v) is 10.2. The Morgan fingerprint density at radius 3 is 2.35 bits per heavy atom. The Kier molecular flexibility index (Phi) is 9.53. The number of hydrogen-bond acceptors (Lipinski definition) is 9. The lowest BCUT2D eigenvalue weighted by molar-refractivity contribution is -0.135. The van der Waals surface area contributed by atoms with Crippen molar-refractivity contribution in [3.8, 4) is 5.75 Å². The molecule has 10 nitrogen and oxygen atoms in total. The molecule has 3 rings (SSSR count). The number of benzene rings is 1. The van der Waals surface area contributed by atoms with Crippen LogP contribution in [0.4, 0.5) is 23.0 Å². The maximum Gasteiger partial charge on any atom is 0.325 e. The summed E-state index contributed by atoms with van der Waals surface area (Å²) in [6.45, 7) is 2.63. The summed E-state index contributed by atoms with van der Waals surface area (Å²) in [6.07, 6.45) is 3.85. The summed E-state index contributed by atoms with van der Waals surface area (Å²) >= 11 is 0. The van der Waals surface area contributed by atoms with Gasteiger partial charge in [-0.15, -0.1) is 0 Å². The van der Waals surface area contributed by atoms with Gasteiger partial charge in [-0.1, -0.05) is 18.6 Å². The lowest BCUT2D eigenvalue weighted by Crippen LogP contribution is -2.36. The third-order valence-electron chi connectivity index (χ3n) is 4.54. The van der Waals surface area contributed by atoms with Gasteiger partial charge in [-0.2, -0.15) is 0 Å². The summed E-state index contributed by atoms with van der Waals surface area (Å²) in [6, 6.07) is 10.2. The van der Waals surface area contributed by atoms with E-state index in [1.54, 1.807) is 30.3 Å². The SMILES string of the molecule is NCCC(=O)Nc1ccc(N)c(N)n1.Nc1ccccc1OC(=O)CN1CCCCC1. The van der Waals surface area contributed by atoms with Crippen LogP contribution in [0.2, 0.25) is 0 Å². The van der Waals surface area contributed by atoms with Crippen LogP contribution in [-0.2, 0) is 9.59 Å². The lowest BCUT2D eigenvalue weighted by Gasteiger charge is -2.25. The number of ether oxygens (including phenoxy) is 1. The molecule has 2 aromatic rings. The molecule has 0 bridgehead atoms. The summed E-state index contributed by atoms with van der Waals surface area (Å²) in [5.74, 6) is 0.620. The van der Waals surface area contributed by atoms with Crippen molar-refractivity contribution in [2.75, 3.05) is 48.7 Å². The van der Waals surface area contributed by atoms with Gasteiger partial charge in [-0.3, -0.25) is 14.5 Å². The van der Waals surface area contributed by atoms with Crippen molar-refractivity contribution in [1.29, 1.82) is 0 Å². The molecule has 0 unspecified atom stereocenters. The van der Waals surface area contributed by atoms with E-state index in [9.17, 15) is 9.59 Å². The van der Waals surface area contributed by atoms with Crippen LogP contribution in [0.15, 0.2) is 36.4 Å². The molecule has 1 fully saturated rings. The monoisotopic (exact) mass is 429 g/mol. The molecule has 0 atom stereocenters. The Hall–Kier alpha value is -3.37. The zero-order chi connectivity index (χ0) is 22.6. The maximum absolute atomic E-state index is 11.7. The van der Waals surface area contributed by atoms with Crippen LogP contribution in [0.3, 0.4) is 0 Å². The number of aromatic nitrogens is 1. The van der Waals surface area contributed by atoms with Crippen LogP contribution in [0.5, 0.6) is 5.75 Å². The number of amides is 1. The van der Waals surface area contributed by atoms with E-state index in [-0.39, 0.29) is 24.1 Å². The summed E-state index contributed by atoms with van der Waals surface area (Å²) in [4.78, 5) is 28.8. The number of pyridine rings is 1. The first-order chi connectivity index (χ1) is 14.9. The molecule has 31 heavy (non-hydrogen) atoms. The molecule has 1 aromatic carbocycles. The van der Waals surface area contributed by atoms with E-state index in [0.29, 0.717) is 36.0 Å². The molecule has 1 amide bonds. The minimum atomic E-state index is -0.232. The number of carbonyl (C=O) groups is 2. The molecule has 9 N–H and O–H groups in total. The number of carbonyl (C=O) groups excluding carboxylic acids is 2. The molecule has 1 aromatic heterocycles. The van der Waals surface area contributed by atoms with E-state index in [1.807, 2.05) is 6.07 Å². The van der Waals surface area contributed by atoms with Crippen molar-refractivity contribution >= 4 is 34.9 Å². The Morgan fingerprint density at radius 1 is 1.00 bits per heavy atom. The second kappa shape index (κ2) is 12.4. The number of anilines is 4. The third kappa shape index (κ3) is 8.49. The van der Waals surface area contributed by atoms with Crippen molar-refractivity contribution in [2.45, 2.75) is 25.7 Å². The van der Waals surface area contributed by atoms with Crippen molar-refractivity contribution < 1.29 is 14.3 Å². The third-order valence-corrected chi connectivity index (χ3v) is 4.54. The summed E-state index contributed by atoms with van der Waals surface area (Å²) in [5.41, 5.74) is 22.7. The summed E-state index contributed by atoms with van der Waals surface area (Å²) < 4.78 is 5.24. The Balaban J connectivity index is 0.000000225. The first kappa shape index (κ1) is 23.9. The van der Waals surface area contributed by atoms with Gasteiger partial charge in [0.2, 0.25) is 5.91 Å². The van der Waals surface area contributed by atoms with Crippen molar-refractivity contribution in [3.05, 3.63) is 36.4 Å². The average Bonchev–Trinajstić information content (AvgIpc) is 2.74. The fraction of sp³-hybridized carbons (Fsp3) is 0.381. The number of nitrogen functional groups attached to an aromatic ring is 3. The van der Waals surface area contributed by atoms with E-state index in [2.05, 4.69) is 15.2 Å². The molecule has 0 saturated carbocycles. The van der Waals surface area contributed by atoms with Gasteiger partial charge in [0.15, 0.2) is 5.75 Å². The molecular weight excluding hydrogens is 398 g/mol. The molecule has 10 heteroatoms. The van der Waals surface area contributed by atoms with Gasteiger partial charge < -0.3 is 33.0 Å². The molecule has 0 aliphatic carbocycles. The largest absolute Gasteiger partial charge is 0.423 e. The van der Waals surface area contributed by atoms with Gasteiger partial charge >= 0.3 is 5.97 Å². The van der Waals surface area contributed by atoms with E-state index in [0.717, 1.165) is 13.1 Å². The zero-order valence-corrected chi connectivity index (χ0v) is 17.5. The van der Waals surface area contributed by atoms with Crippen molar-refractivity contribution in [3.63, 3.8) is 0 Å². The number of nitrogens with two attached hydrogens (primary N) is 4. The van der Waals surface area contributed by atoms with Crippen LogP contribution < -0.4 is 33.0 Å². The highest BCUT2D eigenvalue weighted by Gasteiger charge is 2.15. The summed E-state index contributed by atoms with van der Waals surface area (Å²) in [7, 11) is 0. The van der Waals surface area contributed by atoms with Gasteiger partial charge in [0.05, 0.1) is 17.9 Å². The molecule has 2 heterocycles. The number of para-hydroxylation sites is 2. The molecular formula is C21H31N7O3. The van der Waals surface area contributed by atoms with Gasteiger partial charge in [0.1, 0.15) is 11.6 Å². The second-order valence-electron chi connectivity index (χ2n) is 7.11. The molecule has 1 saturated heterocycles. The van der Waals surface area contributed by atoms with Crippen LogP contribution in [0.1, 0.15) is 25.7 Å². The highest BCUT2D eigenvalue weighted by molar-refractivity contribution is 5.90. The minimum absolute atomic E-state index is 0.191. The quantitative estimate of drug-likeness (QED) is 0.256. The van der Waals surface area contributed by atoms with Gasteiger partial charge in [-0.25, -0.2) is 4.98 Å². The Labute approximate surface area is 181 Å². The number of esters is 1. The minimum Gasteiger partial charge on any atom is -0.423 e. The molecule has 1 aliphatic rings. The number of rotatable bonds is 6. The predicted octanol–water partition coefficient (Wildman–Crippen LogP) is 1.19. The van der Waals surface area contributed by atoms with E-state index in [4.69, 9.17) is 27.7 Å². The smallest absolute Gasteiger partial charge is 0.325 e. The predicted molar refractivity (Wildman–Crippen MR) is 122 cm³/mol. The number of nitrogens with zero attached hydrogens (tertiary/aromatic N) is 2. The van der Waals surface area contributed by atoms with Crippen molar-refractivity contribution in [2.24, 2.45) is 5.73 Å². The Bertz CT molecular complexity index is 870. The normalized spacial score (nSPS) is 13.6. The van der Waals surface area contributed by atoms with E-state index in [1.165, 1.54) is 19.3 Å². The number of hydrogen-bond donors (Lipinski definition) is 5. The fourth-order valence-electron chi connectivity index (χ4n) is 2.92. The zero-order valence-electron chi connectivity index (χ0n) is 17.5. The lowest BCUT2D eigenvalue weighted by atomic mass is 10.1. The fourth-order valence-corrected chi connectivity index (χ4v) is 2.92. The molecule has 1 aliphatic heterocycles. The van der Waals surface area contributed by atoms with E-state index < -0.39 is 0 Å². The van der Waals surface area contributed by atoms with Crippen LogP contribution in [-0.4, -0.2) is 47.9 Å². The maximum atomic E-state index is 11.7. The van der Waals surface area contributed by atoms with Crippen LogP contribution >= 0.6 is 0 Å². The van der Waals surface area contributed by atoms with Crippen LogP contribution in [0, 0.1) is 0 Å². The highest BCUT2D eigenvalue weighted by atomic mass is 16.5. The number of piperidine rings is 1. The molecule has 0 radical (unpaired) electrons. The highest BCUT2D eigenvalue weighted by Crippen LogP contribution is 2.20. The van der Waals surface area contributed by atoms with E-state index >= 15 is 0 Å². The van der Waals surface area contributed by atoms with Gasteiger partial charge in [-0.05, 0) is 50.2 Å². The average molecular weight is 430 g/mol. The van der Waals surface area contributed by atoms with Gasteiger partial charge in [0.25, 0.3) is 0 Å². The molecule has 168 valence electrons. The molecule has 0 spiro atoms. The number of nitrogens with one attached hydrogen (secondary N) is 1.